The van der Waals surface area contributed by atoms with Gasteiger partial charge in [-0.05, 0) is 24.5 Å². The molecule has 0 saturated heterocycles. The minimum atomic E-state index is -3.14. The number of allylic oxidation sites excluding steroid dienone is 1. The summed E-state index contributed by atoms with van der Waals surface area (Å²) < 4.78 is 31.0. The second kappa shape index (κ2) is 8.50. The predicted octanol–water partition coefficient (Wildman–Crippen LogP) is 3.15. The molecule has 0 aliphatic heterocycles. The minimum absolute atomic E-state index is 0.0707. The van der Waals surface area contributed by atoms with Gasteiger partial charge in [-0.25, -0.2) is 18.1 Å². The summed E-state index contributed by atoms with van der Waals surface area (Å²) in [6.07, 6.45) is 6.68. The van der Waals surface area contributed by atoms with Gasteiger partial charge in [0.1, 0.15) is 18.4 Å². The van der Waals surface area contributed by atoms with Crippen molar-refractivity contribution in [3.05, 3.63) is 23.9 Å². The third-order valence-corrected chi connectivity index (χ3v) is 7.77. The van der Waals surface area contributed by atoms with E-state index in [0.29, 0.717) is 24.4 Å². The van der Waals surface area contributed by atoms with Gasteiger partial charge in [-0.2, -0.15) is 10.4 Å². The Morgan fingerprint density at radius 2 is 2.15 bits per heavy atom. The molecular weight excluding hydrogens is 380 g/mol. The summed E-state index contributed by atoms with van der Waals surface area (Å²) in [5.74, 6) is 0.383. The quantitative estimate of drug-likeness (QED) is 0.510. The van der Waals surface area contributed by atoms with Gasteiger partial charge in [0, 0.05) is 26.6 Å². The van der Waals surface area contributed by atoms with Crippen LogP contribution >= 0.6 is 0 Å². The lowest BCUT2D eigenvalue weighted by Gasteiger charge is -2.23. The van der Waals surface area contributed by atoms with Crippen LogP contribution in [-0.4, -0.2) is 50.1 Å². The molecule has 1 aliphatic rings. The zero-order valence-electron chi connectivity index (χ0n) is 16.6. The van der Waals surface area contributed by atoms with Crippen molar-refractivity contribution in [2.45, 2.75) is 51.0 Å². The second-order valence-corrected chi connectivity index (χ2v) is 16.1. The smallest absolute Gasteiger partial charge is 0.171 e. The summed E-state index contributed by atoms with van der Waals surface area (Å²) >= 11 is 0. The normalized spacial score (nSPS) is 22.1. The van der Waals surface area contributed by atoms with Crippen molar-refractivity contribution in [3.8, 4) is 6.07 Å². The summed E-state index contributed by atoms with van der Waals surface area (Å²) in [4.78, 5) is 4.58. The molecule has 1 aliphatic carbocycles. The molecule has 2 unspecified atom stereocenters. The first kappa shape index (κ1) is 21.5. The van der Waals surface area contributed by atoms with E-state index in [4.69, 9.17) is 4.74 Å². The van der Waals surface area contributed by atoms with Crippen LogP contribution in [0.5, 0.6) is 0 Å². The Kier molecular flexibility index (Phi) is 6.78. The molecule has 0 saturated carbocycles. The van der Waals surface area contributed by atoms with Gasteiger partial charge < -0.3 is 4.74 Å². The van der Waals surface area contributed by atoms with Crippen LogP contribution in [0.25, 0.3) is 0 Å². The van der Waals surface area contributed by atoms with Crippen LogP contribution in [0.4, 0.5) is 5.82 Å². The topological polar surface area (TPSA) is 97.3 Å². The van der Waals surface area contributed by atoms with Crippen molar-refractivity contribution < 1.29 is 13.2 Å². The van der Waals surface area contributed by atoms with Gasteiger partial charge >= 0.3 is 0 Å². The summed E-state index contributed by atoms with van der Waals surface area (Å²) in [7, 11) is -4.31. The molecule has 0 radical (unpaired) electrons. The van der Waals surface area contributed by atoms with E-state index in [-0.39, 0.29) is 12.6 Å². The first-order valence-corrected chi connectivity index (χ1v) is 14.7. The third-order valence-electron chi connectivity index (χ3n) is 4.46. The van der Waals surface area contributed by atoms with Crippen LogP contribution < -0.4 is 0 Å². The number of rotatable bonds is 7. The molecule has 1 heterocycles. The van der Waals surface area contributed by atoms with Crippen LogP contribution in [-0.2, 0) is 21.3 Å². The Morgan fingerprint density at radius 3 is 2.70 bits per heavy atom. The van der Waals surface area contributed by atoms with Gasteiger partial charge in [0.25, 0.3) is 0 Å². The fourth-order valence-corrected chi connectivity index (χ4v) is 4.95. The molecule has 0 spiro atoms. The van der Waals surface area contributed by atoms with E-state index in [0.717, 1.165) is 11.8 Å². The highest BCUT2D eigenvalue weighted by Crippen LogP contribution is 2.26. The van der Waals surface area contributed by atoms with Gasteiger partial charge in [0.15, 0.2) is 15.7 Å². The first-order valence-electron chi connectivity index (χ1n) is 8.99. The molecule has 2 rings (SSSR count). The van der Waals surface area contributed by atoms with E-state index in [1.165, 1.54) is 12.5 Å². The molecule has 9 heteroatoms. The highest BCUT2D eigenvalue weighted by atomic mass is 32.2. The summed E-state index contributed by atoms with van der Waals surface area (Å²) in [5.41, 5.74) is 1.12. The molecule has 1 aromatic rings. The number of nitriles is 1. The minimum Gasteiger partial charge on any atom is -0.359 e. The van der Waals surface area contributed by atoms with Crippen LogP contribution in [0, 0.1) is 17.2 Å². The standard InChI is InChI=1S/C18H28N4O3SSi/c1-14-10-16(6-7-17(14)26(2,23)24)21-18-15(11-19)12-20-22(18)13-25-8-9-27(3,4)5/h6-7,12,14,17H,8-10,13H2,1-5H3. The predicted molar refractivity (Wildman–Crippen MR) is 110 cm³/mol. The van der Waals surface area contributed by atoms with Gasteiger partial charge in [-0.3, -0.25) is 0 Å². The lowest BCUT2D eigenvalue weighted by Crippen LogP contribution is -2.30. The molecular formula is C18H28N4O3SSi. The Morgan fingerprint density at radius 1 is 1.44 bits per heavy atom. The highest BCUT2D eigenvalue weighted by molar-refractivity contribution is 7.91. The lowest BCUT2D eigenvalue weighted by atomic mass is 9.94. The number of aliphatic imine (C=N–C) groups is 1. The maximum absolute atomic E-state index is 11.8. The van der Waals surface area contributed by atoms with Gasteiger partial charge in [0.2, 0.25) is 0 Å². The maximum atomic E-state index is 11.8. The number of hydrogen-bond acceptors (Lipinski definition) is 6. The fraction of sp³-hybridized carbons (Fsp3) is 0.611. The molecule has 1 aromatic heterocycles. The SMILES string of the molecule is CC1CC(=Nc2c(C#N)cnn2COCC[Si](C)(C)C)C=CC1S(C)(=O)=O. The van der Waals surface area contributed by atoms with E-state index < -0.39 is 23.2 Å². The number of ether oxygens (including phenoxy) is 1. The molecule has 2 atom stereocenters. The second-order valence-electron chi connectivity index (χ2n) is 8.28. The van der Waals surface area contributed by atoms with Crippen molar-refractivity contribution >= 4 is 29.4 Å². The Labute approximate surface area is 162 Å². The monoisotopic (exact) mass is 408 g/mol. The zero-order chi connectivity index (χ0) is 20.2. The van der Waals surface area contributed by atoms with Crippen molar-refractivity contribution in [3.63, 3.8) is 0 Å². The maximum Gasteiger partial charge on any atom is 0.171 e. The third kappa shape index (κ3) is 6.12. The number of nitrogens with zero attached hydrogens (tertiary/aromatic N) is 4. The van der Waals surface area contributed by atoms with E-state index in [1.807, 2.05) is 6.92 Å². The van der Waals surface area contributed by atoms with Crippen molar-refractivity contribution in [1.82, 2.24) is 9.78 Å². The van der Waals surface area contributed by atoms with E-state index in [9.17, 15) is 13.7 Å². The van der Waals surface area contributed by atoms with Crippen LogP contribution in [0.2, 0.25) is 25.7 Å². The van der Waals surface area contributed by atoms with Gasteiger partial charge in [-0.1, -0.05) is 32.6 Å². The number of sulfone groups is 1. The zero-order valence-corrected chi connectivity index (χ0v) is 18.5. The van der Waals surface area contributed by atoms with Gasteiger partial charge in [-0.15, -0.1) is 0 Å². The van der Waals surface area contributed by atoms with Crippen molar-refractivity contribution in [2.75, 3.05) is 12.9 Å². The molecule has 0 amide bonds. The number of hydrogen-bond donors (Lipinski definition) is 0. The van der Waals surface area contributed by atoms with Crippen LogP contribution in [0.3, 0.4) is 0 Å². The summed E-state index contributed by atoms with van der Waals surface area (Å²) in [6, 6.07) is 3.16. The Balaban J connectivity index is 2.17. The first-order chi connectivity index (χ1) is 12.5. The van der Waals surface area contributed by atoms with Crippen LogP contribution in [0.1, 0.15) is 18.9 Å². The van der Waals surface area contributed by atoms with Gasteiger partial charge in [0.05, 0.1) is 11.4 Å². The van der Waals surface area contributed by atoms with E-state index >= 15 is 0 Å². The molecule has 0 bridgehead atoms. The molecule has 7 nitrogen and oxygen atoms in total. The lowest BCUT2D eigenvalue weighted by molar-refractivity contribution is 0.0798. The Bertz CT molecular complexity index is 875. The van der Waals surface area contributed by atoms with E-state index in [2.05, 4.69) is 35.8 Å². The molecule has 0 aromatic carbocycles. The Hall–Kier alpha value is -1.76. The average molecular weight is 409 g/mol. The molecule has 0 N–H and O–H groups in total. The summed E-state index contributed by atoms with van der Waals surface area (Å²) in [6.45, 7) is 9.65. The number of aromatic nitrogens is 2. The highest BCUT2D eigenvalue weighted by Gasteiger charge is 2.28. The fourth-order valence-electron chi connectivity index (χ4n) is 2.89. The molecule has 0 fully saturated rings. The van der Waals surface area contributed by atoms with E-state index in [1.54, 1.807) is 16.8 Å². The average Bonchev–Trinajstić information content (AvgIpc) is 2.91. The van der Waals surface area contributed by atoms with Crippen molar-refractivity contribution in [1.29, 1.82) is 5.26 Å². The van der Waals surface area contributed by atoms with Crippen molar-refractivity contribution in [2.24, 2.45) is 10.9 Å². The summed E-state index contributed by atoms with van der Waals surface area (Å²) in [5, 5.41) is 13.0. The molecule has 148 valence electrons. The van der Waals surface area contributed by atoms with Crippen LogP contribution in [0.15, 0.2) is 23.3 Å². The largest absolute Gasteiger partial charge is 0.359 e. The molecule has 27 heavy (non-hydrogen) atoms.